The van der Waals surface area contributed by atoms with Gasteiger partial charge >= 0.3 is 0 Å². The lowest BCUT2D eigenvalue weighted by Gasteiger charge is -2.29. The molecule has 0 radical (unpaired) electrons. The molecule has 2 amide bonds. The minimum absolute atomic E-state index is 0.112. The zero-order valence-electron chi connectivity index (χ0n) is 21.2. The summed E-state index contributed by atoms with van der Waals surface area (Å²) >= 11 is 0. The molecule has 2 aromatic carbocycles. The molecule has 0 bridgehead atoms. The number of amides is 2. The maximum absolute atomic E-state index is 13.2. The van der Waals surface area contributed by atoms with Crippen LogP contribution in [-0.2, 0) is 26.2 Å². The molecule has 0 aromatic heterocycles. The van der Waals surface area contributed by atoms with Gasteiger partial charge in [-0.3, -0.25) is 9.59 Å². The highest BCUT2D eigenvalue weighted by Gasteiger charge is 2.27. The van der Waals surface area contributed by atoms with Gasteiger partial charge in [-0.15, -0.1) is 0 Å². The monoisotopic (exact) mass is 503 g/mol. The van der Waals surface area contributed by atoms with Crippen molar-refractivity contribution in [1.82, 2.24) is 14.5 Å². The van der Waals surface area contributed by atoms with Crippen molar-refractivity contribution in [2.45, 2.75) is 51.1 Å². The molecule has 35 heavy (non-hydrogen) atoms. The number of rotatable bonds is 13. The molecule has 0 spiro atoms. The third-order valence-electron chi connectivity index (χ3n) is 5.65. The molecule has 1 atom stereocenters. The molecule has 0 aliphatic heterocycles. The molecule has 2 aromatic rings. The fraction of sp³-hybridized carbons (Fsp3) is 0.462. The molecule has 1 N–H and O–H groups in total. The lowest BCUT2D eigenvalue weighted by molar-refractivity contribution is -0.140. The molecule has 0 aliphatic rings. The molecule has 0 saturated heterocycles. The topological polar surface area (TPSA) is 96.0 Å². The molecule has 0 saturated carbocycles. The van der Waals surface area contributed by atoms with Crippen molar-refractivity contribution in [2.24, 2.45) is 5.92 Å². The number of nitrogens with one attached hydrogen (secondary N) is 1. The second kappa shape index (κ2) is 13.3. The van der Waals surface area contributed by atoms with Gasteiger partial charge in [-0.2, -0.15) is 0 Å². The number of carbonyl (C=O) groups is 2. The van der Waals surface area contributed by atoms with E-state index in [0.717, 1.165) is 5.56 Å². The first-order chi connectivity index (χ1) is 16.6. The van der Waals surface area contributed by atoms with Crippen LogP contribution in [0.4, 0.5) is 0 Å². The second-order valence-corrected chi connectivity index (χ2v) is 11.0. The first-order valence-electron chi connectivity index (χ1n) is 11.8. The van der Waals surface area contributed by atoms with E-state index < -0.39 is 16.1 Å². The van der Waals surface area contributed by atoms with Gasteiger partial charge in [0.1, 0.15) is 11.8 Å². The summed E-state index contributed by atoms with van der Waals surface area (Å²) in [5.74, 6) is 0.514. The normalized spacial score (nSPS) is 12.4. The zero-order chi connectivity index (χ0) is 26.0. The summed E-state index contributed by atoms with van der Waals surface area (Å²) in [7, 11) is -0.552. The van der Waals surface area contributed by atoms with Crippen molar-refractivity contribution in [3.63, 3.8) is 0 Å². The predicted molar refractivity (Wildman–Crippen MR) is 136 cm³/mol. The van der Waals surface area contributed by atoms with E-state index in [0.29, 0.717) is 18.7 Å². The minimum Gasteiger partial charge on any atom is -0.497 e. The number of hydrogen-bond acceptors (Lipinski definition) is 5. The van der Waals surface area contributed by atoms with Crippen LogP contribution < -0.4 is 10.1 Å². The number of carbonyl (C=O) groups excluding carboxylic acids is 2. The summed E-state index contributed by atoms with van der Waals surface area (Å²) < 4.78 is 32.0. The average molecular weight is 504 g/mol. The summed E-state index contributed by atoms with van der Waals surface area (Å²) in [6.45, 7) is 6.66. The van der Waals surface area contributed by atoms with Gasteiger partial charge in [-0.25, -0.2) is 12.7 Å². The molecule has 8 nitrogen and oxygen atoms in total. The lowest BCUT2D eigenvalue weighted by Crippen LogP contribution is -2.48. The summed E-state index contributed by atoms with van der Waals surface area (Å²) in [5, 5.41) is 2.89. The first-order valence-corrected chi connectivity index (χ1v) is 13.2. The Morgan fingerprint density at radius 2 is 1.71 bits per heavy atom. The van der Waals surface area contributed by atoms with Crippen molar-refractivity contribution in [3.8, 4) is 5.75 Å². The van der Waals surface area contributed by atoms with Crippen molar-refractivity contribution in [2.75, 3.05) is 27.2 Å². The second-order valence-electron chi connectivity index (χ2n) is 8.93. The molecule has 0 heterocycles. The lowest BCUT2D eigenvalue weighted by atomic mass is 10.1. The third kappa shape index (κ3) is 8.36. The van der Waals surface area contributed by atoms with Crippen LogP contribution in [0.1, 0.15) is 39.2 Å². The van der Waals surface area contributed by atoms with Crippen LogP contribution in [0.2, 0.25) is 0 Å². The van der Waals surface area contributed by atoms with E-state index in [2.05, 4.69) is 5.32 Å². The van der Waals surface area contributed by atoms with Crippen LogP contribution in [0.3, 0.4) is 0 Å². The largest absolute Gasteiger partial charge is 0.497 e. The first kappa shape index (κ1) is 28.3. The predicted octanol–water partition coefficient (Wildman–Crippen LogP) is 3.29. The highest BCUT2D eigenvalue weighted by atomic mass is 32.2. The molecular formula is C26H37N3O5S. The standard InChI is InChI=1S/C26H37N3O5S/c1-20(2)18-27-26(31)21(3)29(19-22-11-9-12-23(17-22)34-5)25(30)15-10-16-28(4)35(32,33)24-13-7-6-8-14-24/h6-9,11-14,17,20-21H,10,15-16,18-19H2,1-5H3,(H,27,31). The summed E-state index contributed by atoms with van der Waals surface area (Å²) in [6.07, 6.45) is 0.441. The van der Waals surface area contributed by atoms with Crippen molar-refractivity contribution >= 4 is 21.8 Å². The van der Waals surface area contributed by atoms with Crippen LogP contribution in [0.25, 0.3) is 0 Å². The van der Waals surface area contributed by atoms with Crippen LogP contribution >= 0.6 is 0 Å². The maximum Gasteiger partial charge on any atom is 0.242 e. The Balaban J connectivity index is 2.09. The Labute approximate surface area is 209 Å². The quantitative estimate of drug-likeness (QED) is 0.453. The highest BCUT2D eigenvalue weighted by Crippen LogP contribution is 2.18. The highest BCUT2D eigenvalue weighted by molar-refractivity contribution is 7.89. The molecule has 192 valence electrons. The SMILES string of the molecule is COc1cccc(CN(C(=O)CCCN(C)S(=O)(=O)c2ccccc2)C(C)C(=O)NCC(C)C)c1. The molecule has 2 rings (SSSR count). The minimum atomic E-state index is -3.63. The molecule has 0 fully saturated rings. The number of ether oxygens (including phenoxy) is 1. The van der Waals surface area contributed by atoms with Gasteiger partial charge in [0.05, 0.1) is 12.0 Å². The third-order valence-corrected chi connectivity index (χ3v) is 7.53. The van der Waals surface area contributed by atoms with Gasteiger partial charge in [0.15, 0.2) is 0 Å². The van der Waals surface area contributed by atoms with Crippen molar-refractivity contribution in [3.05, 3.63) is 60.2 Å². The van der Waals surface area contributed by atoms with Crippen LogP contribution in [0.15, 0.2) is 59.5 Å². The van der Waals surface area contributed by atoms with Crippen molar-refractivity contribution < 1.29 is 22.7 Å². The maximum atomic E-state index is 13.2. The molecule has 9 heteroatoms. The van der Waals surface area contributed by atoms with Crippen LogP contribution in [-0.4, -0.2) is 62.7 Å². The summed E-state index contributed by atoms with van der Waals surface area (Å²) in [5.41, 5.74) is 0.838. The zero-order valence-corrected chi connectivity index (χ0v) is 22.0. The molecule has 1 unspecified atom stereocenters. The Morgan fingerprint density at radius 1 is 1.03 bits per heavy atom. The van der Waals surface area contributed by atoms with Gasteiger partial charge < -0.3 is 15.0 Å². The van der Waals surface area contributed by atoms with E-state index in [1.807, 2.05) is 38.1 Å². The van der Waals surface area contributed by atoms with E-state index in [4.69, 9.17) is 4.74 Å². The fourth-order valence-electron chi connectivity index (χ4n) is 3.49. The van der Waals surface area contributed by atoms with E-state index >= 15 is 0 Å². The molecular weight excluding hydrogens is 466 g/mol. The molecule has 0 aliphatic carbocycles. The Bertz CT molecular complexity index is 1070. The van der Waals surface area contributed by atoms with E-state index in [1.54, 1.807) is 44.4 Å². The smallest absolute Gasteiger partial charge is 0.242 e. The number of benzene rings is 2. The Morgan fingerprint density at radius 3 is 2.34 bits per heavy atom. The number of nitrogens with zero attached hydrogens (tertiary/aromatic N) is 2. The number of hydrogen-bond donors (Lipinski definition) is 1. The van der Waals surface area contributed by atoms with Crippen LogP contribution in [0, 0.1) is 5.92 Å². The summed E-state index contributed by atoms with van der Waals surface area (Å²) in [4.78, 5) is 27.7. The fourth-order valence-corrected chi connectivity index (χ4v) is 4.72. The summed E-state index contributed by atoms with van der Waals surface area (Å²) in [6, 6.07) is 14.9. The number of methoxy groups -OCH3 is 1. The number of sulfonamides is 1. The van der Waals surface area contributed by atoms with Gasteiger partial charge in [0.25, 0.3) is 0 Å². The van der Waals surface area contributed by atoms with Gasteiger partial charge in [0, 0.05) is 33.1 Å². The van der Waals surface area contributed by atoms with Gasteiger partial charge in [-0.05, 0) is 49.1 Å². The Hall–Kier alpha value is -2.91. The van der Waals surface area contributed by atoms with Gasteiger partial charge in [0.2, 0.25) is 21.8 Å². The van der Waals surface area contributed by atoms with E-state index in [-0.39, 0.29) is 42.1 Å². The van der Waals surface area contributed by atoms with E-state index in [1.165, 1.54) is 16.3 Å². The van der Waals surface area contributed by atoms with E-state index in [9.17, 15) is 18.0 Å². The average Bonchev–Trinajstić information content (AvgIpc) is 2.85. The van der Waals surface area contributed by atoms with Crippen LogP contribution in [0.5, 0.6) is 5.75 Å². The van der Waals surface area contributed by atoms with Gasteiger partial charge in [-0.1, -0.05) is 44.2 Å². The van der Waals surface area contributed by atoms with Crippen molar-refractivity contribution in [1.29, 1.82) is 0 Å². The Kier molecular flexibility index (Phi) is 10.7.